The van der Waals surface area contributed by atoms with E-state index in [9.17, 15) is 18.0 Å². The van der Waals surface area contributed by atoms with Gasteiger partial charge in [0.05, 0.1) is 0 Å². The fraction of sp³-hybridized carbons (Fsp3) is 0.133. The molecule has 0 bridgehead atoms. The Bertz CT molecular complexity index is 702. The Kier molecular flexibility index (Phi) is 4.16. The van der Waals surface area contributed by atoms with Crippen LogP contribution in [0.1, 0.15) is 21.5 Å². The van der Waals surface area contributed by atoms with Gasteiger partial charge in [0.2, 0.25) is 5.91 Å². The van der Waals surface area contributed by atoms with Gasteiger partial charge in [-0.3, -0.25) is 4.79 Å². The molecule has 0 atom stereocenters. The molecule has 0 fully saturated rings. The molecule has 0 aliphatic heterocycles. The average molecular weight is 294 g/mol. The van der Waals surface area contributed by atoms with Crippen LogP contribution >= 0.6 is 0 Å². The number of primary amides is 1. The van der Waals surface area contributed by atoms with E-state index in [-0.39, 0.29) is 23.2 Å². The summed E-state index contributed by atoms with van der Waals surface area (Å²) in [6.45, 7) is 1.54. The highest BCUT2D eigenvalue weighted by atomic mass is 19.1. The second-order valence-electron chi connectivity index (χ2n) is 4.58. The minimum atomic E-state index is -0.759. The first-order valence-corrected chi connectivity index (χ1v) is 6.16. The van der Waals surface area contributed by atoms with Gasteiger partial charge in [-0.2, -0.15) is 0 Å². The van der Waals surface area contributed by atoms with E-state index < -0.39 is 23.4 Å². The third-order valence-corrected chi connectivity index (χ3v) is 3.11. The average Bonchev–Trinajstić information content (AvgIpc) is 2.41. The molecule has 0 aliphatic rings. The lowest BCUT2D eigenvalue weighted by Gasteiger charge is -2.12. The van der Waals surface area contributed by atoms with Gasteiger partial charge in [-0.05, 0) is 25.1 Å². The molecular weight excluding hydrogens is 281 g/mol. The largest absolute Gasteiger partial charge is 0.381 e. The Morgan fingerprint density at radius 1 is 1.14 bits per heavy atom. The Hall–Kier alpha value is -2.50. The van der Waals surface area contributed by atoms with E-state index >= 15 is 0 Å². The third kappa shape index (κ3) is 3.34. The van der Waals surface area contributed by atoms with E-state index in [1.165, 1.54) is 19.1 Å². The molecule has 0 aromatic heterocycles. The summed E-state index contributed by atoms with van der Waals surface area (Å²) in [6, 6.07) is 5.63. The Morgan fingerprint density at radius 3 is 2.48 bits per heavy atom. The van der Waals surface area contributed by atoms with Crippen LogP contribution in [0.25, 0.3) is 0 Å². The molecule has 21 heavy (non-hydrogen) atoms. The minimum absolute atomic E-state index is 0.0141. The highest BCUT2D eigenvalue weighted by Crippen LogP contribution is 2.22. The quantitative estimate of drug-likeness (QED) is 0.910. The van der Waals surface area contributed by atoms with Crippen LogP contribution in [0.15, 0.2) is 30.3 Å². The topological polar surface area (TPSA) is 55.1 Å². The second kappa shape index (κ2) is 5.87. The van der Waals surface area contributed by atoms with Crippen LogP contribution in [0, 0.1) is 24.4 Å². The van der Waals surface area contributed by atoms with Crippen LogP contribution in [-0.4, -0.2) is 5.91 Å². The molecule has 0 saturated heterocycles. The predicted molar refractivity (Wildman–Crippen MR) is 73.3 cm³/mol. The number of carbonyl (C=O) groups is 1. The molecule has 0 spiro atoms. The van der Waals surface area contributed by atoms with Crippen molar-refractivity contribution in [2.45, 2.75) is 13.5 Å². The summed E-state index contributed by atoms with van der Waals surface area (Å²) >= 11 is 0. The van der Waals surface area contributed by atoms with Gasteiger partial charge in [-0.1, -0.05) is 6.07 Å². The van der Waals surface area contributed by atoms with E-state index in [4.69, 9.17) is 5.73 Å². The van der Waals surface area contributed by atoms with Crippen molar-refractivity contribution in [2.24, 2.45) is 5.73 Å². The maximum atomic E-state index is 13.7. The fourth-order valence-electron chi connectivity index (χ4n) is 1.86. The molecule has 1 amide bonds. The van der Waals surface area contributed by atoms with E-state index in [1.54, 1.807) is 0 Å². The molecule has 0 radical (unpaired) electrons. The fourth-order valence-corrected chi connectivity index (χ4v) is 1.86. The van der Waals surface area contributed by atoms with Gasteiger partial charge in [-0.15, -0.1) is 0 Å². The molecule has 6 heteroatoms. The molecule has 2 aromatic rings. The first kappa shape index (κ1) is 14.9. The van der Waals surface area contributed by atoms with Crippen LogP contribution in [0.3, 0.4) is 0 Å². The molecule has 0 heterocycles. The van der Waals surface area contributed by atoms with Gasteiger partial charge >= 0.3 is 0 Å². The lowest BCUT2D eigenvalue weighted by molar-refractivity contribution is 0.1000. The van der Waals surface area contributed by atoms with Gasteiger partial charge in [0.1, 0.15) is 17.5 Å². The predicted octanol–water partition coefficient (Wildman–Crippen LogP) is 3.12. The first-order valence-electron chi connectivity index (χ1n) is 6.16. The zero-order valence-electron chi connectivity index (χ0n) is 11.2. The maximum absolute atomic E-state index is 13.7. The second-order valence-corrected chi connectivity index (χ2v) is 4.58. The first-order chi connectivity index (χ1) is 9.88. The molecule has 0 aliphatic carbocycles. The van der Waals surface area contributed by atoms with E-state index in [0.29, 0.717) is 5.69 Å². The third-order valence-electron chi connectivity index (χ3n) is 3.11. The van der Waals surface area contributed by atoms with Gasteiger partial charge in [0, 0.05) is 35.0 Å². The summed E-state index contributed by atoms with van der Waals surface area (Å²) in [4.78, 5) is 11.1. The van der Waals surface area contributed by atoms with Crippen molar-refractivity contribution < 1.29 is 18.0 Å². The Labute approximate surface area is 119 Å². The van der Waals surface area contributed by atoms with Gasteiger partial charge in [0.15, 0.2) is 0 Å². The smallest absolute Gasteiger partial charge is 0.248 e. The minimum Gasteiger partial charge on any atom is -0.381 e. The van der Waals surface area contributed by atoms with Crippen molar-refractivity contribution in [2.75, 3.05) is 5.32 Å². The van der Waals surface area contributed by atoms with E-state index in [2.05, 4.69) is 5.32 Å². The molecule has 3 nitrogen and oxygen atoms in total. The van der Waals surface area contributed by atoms with Gasteiger partial charge < -0.3 is 11.1 Å². The van der Waals surface area contributed by atoms with Crippen LogP contribution in [0.4, 0.5) is 18.9 Å². The number of hydrogen-bond donors (Lipinski definition) is 2. The molecule has 0 unspecified atom stereocenters. The van der Waals surface area contributed by atoms with Crippen molar-refractivity contribution in [3.05, 3.63) is 64.5 Å². The summed E-state index contributed by atoms with van der Waals surface area (Å²) in [6.07, 6.45) is 0. The van der Waals surface area contributed by atoms with Gasteiger partial charge in [-0.25, -0.2) is 13.2 Å². The van der Waals surface area contributed by atoms with Crippen LogP contribution < -0.4 is 11.1 Å². The molecule has 3 N–H and O–H groups in total. The highest BCUT2D eigenvalue weighted by Gasteiger charge is 2.11. The van der Waals surface area contributed by atoms with Crippen LogP contribution in [-0.2, 0) is 6.54 Å². The van der Waals surface area contributed by atoms with Crippen LogP contribution in [0.5, 0.6) is 0 Å². The SMILES string of the molecule is Cc1c(F)cc(C(N)=O)cc1NCc1ccc(F)cc1F. The van der Waals surface area contributed by atoms with Crippen molar-refractivity contribution in [1.29, 1.82) is 0 Å². The van der Waals surface area contributed by atoms with Crippen molar-refractivity contribution in [1.82, 2.24) is 0 Å². The molecule has 2 aromatic carbocycles. The summed E-state index contributed by atoms with van der Waals surface area (Å²) in [5.41, 5.74) is 5.96. The number of hydrogen-bond acceptors (Lipinski definition) is 2. The number of halogens is 3. The van der Waals surface area contributed by atoms with Crippen molar-refractivity contribution in [3.8, 4) is 0 Å². The normalized spacial score (nSPS) is 10.5. The number of anilines is 1. The van der Waals surface area contributed by atoms with E-state index in [1.807, 2.05) is 0 Å². The zero-order chi connectivity index (χ0) is 15.6. The van der Waals surface area contributed by atoms with Crippen molar-refractivity contribution >= 4 is 11.6 Å². The van der Waals surface area contributed by atoms with Crippen LogP contribution in [0.2, 0.25) is 0 Å². The summed E-state index contributed by atoms with van der Waals surface area (Å²) < 4.78 is 40.0. The highest BCUT2D eigenvalue weighted by molar-refractivity contribution is 5.94. The number of amides is 1. The molecule has 2 rings (SSSR count). The Balaban J connectivity index is 2.25. The van der Waals surface area contributed by atoms with E-state index in [0.717, 1.165) is 18.2 Å². The molecule has 110 valence electrons. The zero-order valence-corrected chi connectivity index (χ0v) is 11.2. The number of rotatable bonds is 4. The monoisotopic (exact) mass is 294 g/mol. The van der Waals surface area contributed by atoms with Gasteiger partial charge in [0.25, 0.3) is 0 Å². The van der Waals surface area contributed by atoms with Crippen molar-refractivity contribution in [3.63, 3.8) is 0 Å². The number of nitrogens with one attached hydrogen (secondary N) is 1. The summed E-state index contributed by atoms with van der Waals surface area (Å²) in [5.74, 6) is -2.72. The number of benzene rings is 2. The number of carbonyl (C=O) groups excluding carboxylic acids is 1. The summed E-state index contributed by atoms with van der Waals surface area (Å²) in [7, 11) is 0. The standard InChI is InChI=1S/C15H13F3N2O/c1-8-12(17)4-10(15(19)21)5-14(8)20-7-9-2-3-11(16)6-13(9)18/h2-6,20H,7H2,1H3,(H2,19,21). The molecular formula is C15H13F3N2O. The number of nitrogens with two attached hydrogens (primary N) is 1. The Morgan fingerprint density at radius 2 is 1.86 bits per heavy atom. The lowest BCUT2D eigenvalue weighted by atomic mass is 10.1. The maximum Gasteiger partial charge on any atom is 0.248 e. The summed E-state index contributed by atoms with van der Waals surface area (Å²) in [5, 5.41) is 2.82. The molecule has 0 saturated carbocycles. The lowest BCUT2D eigenvalue weighted by Crippen LogP contribution is -2.13.